The van der Waals surface area contributed by atoms with Crippen molar-refractivity contribution in [3.63, 3.8) is 0 Å². The monoisotopic (exact) mass is 333 g/mol. The molecule has 6 heteroatoms. The van der Waals surface area contributed by atoms with Crippen molar-refractivity contribution in [2.24, 2.45) is 0 Å². The molecule has 0 aliphatic rings. The Bertz CT molecular complexity index is 920. The van der Waals surface area contributed by atoms with E-state index in [1.807, 2.05) is 0 Å². The number of ether oxygens (including phenoxy) is 1. The first-order valence-corrected chi connectivity index (χ1v) is 7.20. The summed E-state index contributed by atoms with van der Waals surface area (Å²) in [7, 11) is 0. The summed E-state index contributed by atoms with van der Waals surface area (Å²) >= 11 is 0. The number of pyridine rings is 1. The van der Waals surface area contributed by atoms with Gasteiger partial charge in [0.1, 0.15) is 22.8 Å². The number of aromatic nitrogens is 1. The maximum absolute atomic E-state index is 14.1. The summed E-state index contributed by atoms with van der Waals surface area (Å²) < 4.78 is 46.5. The van der Waals surface area contributed by atoms with Crippen molar-refractivity contribution in [3.05, 3.63) is 65.6 Å². The highest BCUT2D eigenvalue weighted by Gasteiger charge is 2.25. The summed E-state index contributed by atoms with van der Waals surface area (Å²) in [5, 5.41) is 10.5. The fraction of sp³-hybridized carbons (Fsp3) is 0.167. The van der Waals surface area contributed by atoms with E-state index < -0.39 is 23.1 Å². The number of hydrogen-bond acceptors (Lipinski definition) is 3. The minimum Gasteiger partial charge on any atom is -0.455 e. The molecule has 0 amide bonds. The summed E-state index contributed by atoms with van der Waals surface area (Å²) in [6.45, 7) is 2.88. The van der Waals surface area contributed by atoms with Gasteiger partial charge in [-0.2, -0.15) is 0 Å². The summed E-state index contributed by atoms with van der Waals surface area (Å²) in [5.41, 5.74) is -1.58. The molecule has 0 saturated carbocycles. The molecule has 1 aromatic heterocycles. The summed E-state index contributed by atoms with van der Waals surface area (Å²) in [6, 6.07) is 8.00. The second-order valence-electron chi connectivity index (χ2n) is 5.88. The Morgan fingerprint density at radius 3 is 2.50 bits per heavy atom. The van der Waals surface area contributed by atoms with Crippen LogP contribution in [0, 0.1) is 17.5 Å². The second-order valence-corrected chi connectivity index (χ2v) is 5.88. The van der Waals surface area contributed by atoms with Gasteiger partial charge in [-0.25, -0.2) is 18.2 Å². The van der Waals surface area contributed by atoms with Crippen LogP contribution in [0.1, 0.15) is 19.4 Å². The highest BCUT2D eigenvalue weighted by atomic mass is 19.2. The van der Waals surface area contributed by atoms with Crippen molar-refractivity contribution >= 4 is 10.9 Å². The lowest BCUT2D eigenvalue weighted by Gasteiger charge is -2.22. The number of nitrogens with zero attached hydrogens (tertiary/aromatic N) is 1. The average Bonchev–Trinajstić information content (AvgIpc) is 2.50. The van der Waals surface area contributed by atoms with Gasteiger partial charge in [0, 0.05) is 5.39 Å². The van der Waals surface area contributed by atoms with Gasteiger partial charge in [0.05, 0.1) is 17.4 Å². The third-order valence-electron chi connectivity index (χ3n) is 3.53. The quantitative estimate of drug-likeness (QED) is 0.757. The van der Waals surface area contributed by atoms with Crippen LogP contribution in [0.4, 0.5) is 13.2 Å². The Morgan fingerprint density at radius 1 is 1.04 bits per heavy atom. The maximum Gasteiger partial charge on any atom is 0.184 e. The van der Waals surface area contributed by atoms with Gasteiger partial charge in [-0.15, -0.1) is 0 Å². The van der Waals surface area contributed by atoms with E-state index in [-0.39, 0.29) is 22.6 Å². The molecule has 24 heavy (non-hydrogen) atoms. The van der Waals surface area contributed by atoms with E-state index >= 15 is 0 Å². The van der Waals surface area contributed by atoms with Gasteiger partial charge in [-0.05, 0) is 44.2 Å². The van der Waals surface area contributed by atoms with E-state index in [1.165, 1.54) is 50.4 Å². The molecule has 1 heterocycles. The molecule has 0 atom stereocenters. The molecular formula is C18H14F3NO2. The van der Waals surface area contributed by atoms with E-state index in [2.05, 4.69) is 4.98 Å². The smallest absolute Gasteiger partial charge is 0.184 e. The number of benzene rings is 2. The van der Waals surface area contributed by atoms with Crippen LogP contribution in [-0.2, 0) is 5.60 Å². The summed E-state index contributed by atoms with van der Waals surface area (Å²) in [5.74, 6) is -2.31. The van der Waals surface area contributed by atoms with E-state index in [9.17, 15) is 18.3 Å². The first-order chi connectivity index (χ1) is 11.3. The molecule has 0 radical (unpaired) electrons. The Morgan fingerprint density at radius 2 is 1.79 bits per heavy atom. The van der Waals surface area contributed by atoms with E-state index in [1.54, 1.807) is 0 Å². The van der Waals surface area contributed by atoms with Crippen molar-refractivity contribution in [1.82, 2.24) is 4.98 Å². The van der Waals surface area contributed by atoms with Gasteiger partial charge in [0.2, 0.25) is 0 Å². The topological polar surface area (TPSA) is 42.4 Å². The molecule has 3 rings (SSSR count). The standard InChI is InChI=1S/C18H14F3NO2/c1-18(2,23)15-12(19)4-3-5-14(15)24-11-8-10-6-7-13(20)16(21)17(10)22-9-11/h3-9,23H,1-2H3. The molecule has 0 fully saturated rings. The maximum atomic E-state index is 14.1. The molecule has 0 bridgehead atoms. The molecule has 0 unspecified atom stereocenters. The first kappa shape index (κ1) is 16.3. The van der Waals surface area contributed by atoms with Crippen LogP contribution in [0.2, 0.25) is 0 Å². The van der Waals surface area contributed by atoms with Crippen molar-refractivity contribution in [2.75, 3.05) is 0 Å². The largest absolute Gasteiger partial charge is 0.455 e. The number of aliphatic hydroxyl groups is 1. The lowest BCUT2D eigenvalue weighted by molar-refractivity contribution is 0.0721. The Labute approximate surface area is 136 Å². The van der Waals surface area contributed by atoms with Crippen LogP contribution in [0.15, 0.2) is 42.6 Å². The number of halogens is 3. The molecule has 1 N–H and O–H groups in total. The molecule has 0 aliphatic carbocycles. The van der Waals surface area contributed by atoms with Gasteiger partial charge in [0.25, 0.3) is 0 Å². The van der Waals surface area contributed by atoms with Gasteiger partial charge >= 0.3 is 0 Å². The van der Waals surface area contributed by atoms with Gasteiger partial charge < -0.3 is 9.84 Å². The zero-order valence-electron chi connectivity index (χ0n) is 13.0. The van der Waals surface area contributed by atoms with Crippen LogP contribution in [-0.4, -0.2) is 10.1 Å². The summed E-state index contributed by atoms with van der Waals surface area (Å²) in [4.78, 5) is 3.86. The van der Waals surface area contributed by atoms with Crippen LogP contribution >= 0.6 is 0 Å². The number of fused-ring (bicyclic) bond motifs is 1. The molecule has 2 aromatic carbocycles. The van der Waals surface area contributed by atoms with Crippen LogP contribution < -0.4 is 4.74 Å². The zero-order chi connectivity index (χ0) is 17.5. The fourth-order valence-corrected chi connectivity index (χ4v) is 2.49. The van der Waals surface area contributed by atoms with E-state index in [0.29, 0.717) is 5.39 Å². The predicted molar refractivity (Wildman–Crippen MR) is 83.4 cm³/mol. The van der Waals surface area contributed by atoms with Crippen molar-refractivity contribution in [2.45, 2.75) is 19.4 Å². The highest BCUT2D eigenvalue weighted by Crippen LogP contribution is 2.35. The molecular weight excluding hydrogens is 319 g/mol. The first-order valence-electron chi connectivity index (χ1n) is 7.20. The third-order valence-corrected chi connectivity index (χ3v) is 3.53. The second kappa shape index (κ2) is 5.79. The SMILES string of the molecule is CC(C)(O)c1c(F)cccc1Oc1cnc2c(F)c(F)ccc2c1. The number of hydrogen-bond donors (Lipinski definition) is 1. The Hall–Kier alpha value is -2.60. The molecule has 0 aliphatic heterocycles. The van der Waals surface area contributed by atoms with E-state index in [4.69, 9.17) is 4.74 Å². The predicted octanol–water partition coefficient (Wildman–Crippen LogP) is 4.67. The van der Waals surface area contributed by atoms with Crippen molar-refractivity contribution in [3.8, 4) is 11.5 Å². The Kier molecular flexibility index (Phi) is 3.93. The molecule has 0 saturated heterocycles. The average molecular weight is 333 g/mol. The van der Waals surface area contributed by atoms with Gasteiger partial charge in [-0.3, -0.25) is 0 Å². The Balaban J connectivity index is 2.05. The summed E-state index contributed by atoms with van der Waals surface area (Å²) in [6.07, 6.45) is 1.21. The van der Waals surface area contributed by atoms with Crippen LogP contribution in [0.3, 0.4) is 0 Å². The van der Waals surface area contributed by atoms with Crippen LogP contribution in [0.25, 0.3) is 10.9 Å². The van der Waals surface area contributed by atoms with Crippen molar-refractivity contribution in [1.29, 1.82) is 0 Å². The van der Waals surface area contributed by atoms with E-state index in [0.717, 1.165) is 6.07 Å². The molecule has 124 valence electrons. The molecule has 3 nitrogen and oxygen atoms in total. The molecule has 3 aromatic rings. The van der Waals surface area contributed by atoms with Crippen LogP contribution in [0.5, 0.6) is 11.5 Å². The molecule has 0 spiro atoms. The zero-order valence-corrected chi connectivity index (χ0v) is 13.0. The lowest BCUT2D eigenvalue weighted by Crippen LogP contribution is -2.18. The van der Waals surface area contributed by atoms with Gasteiger partial charge in [0.15, 0.2) is 11.6 Å². The minimum absolute atomic E-state index is 0.00427. The fourth-order valence-electron chi connectivity index (χ4n) is 2.49. The third kappa shape index (κ3) is 2.92. The number of rotatable bonds is 3. The van der Waals surface area contributed by atoms with Crippen molar-refractivity contribution < 1.29 is 23.0 Å². The lowest BCUT2D eigenvalue weighted by atomic mass is 9.97. The highest BCUT2D eigenvalue weighted by molar-refractivity contribution is 5.80. The van der Waals surface area contributed by atoms with Gasteiger partial charge in [-0.1, -0.05) is 6.07 Å². The normalized spacial score (nSPS) is 11.8. The minimum atomic E-state index is -1.46.